The van der Waals surface area contributed by atoms with Crippen LogP contribution in [-0.2, 0) is 13.0 Å². The third-order valence-corrected chi connectivity index (χ3v) is 5.40. The van der Waals surface area contributed by atoms with Gasteiger partial charge in [0.05, 0.1) is 0 Å². The molecule has 1 atom stereocenters. The molecule has 6 nitrogen and oxygen atoms in total. The maximum Gasteiger partial charge on any atom is 0.259 e. The molecule has 0 aliphatic carbocycles. The maximum absolute atomic E-state index is 13.2. The predicted molar refractivity (Wildman–Crippen MR) is 109 cm³/mol. The summed E-state index contributed by atoms with van der Waals surface area (Å²) in [7, 11) is 3.93. The Morgan fingerprint density at radius 2 is 1.97 bits per heavy atom. The van der Waals surface area contributed by atoms with Crippen LogP contribution in [0.5, 0.6) is 5.75 Å². The number of hydrogen-bond acceptors (Lipinski definition) is 4. The second-order valence-corrected chi connectivity index (χ2v) is 7.85. The fraction of sp³-hybridized carbons (Fsp3) is 0.455. The van der Waals surface area contributed by atoms with Crippen LogP contribution in [0.15, 0.2) is 24.3 Å². The number of carbonyl (C=O) groups is 2. The zero-order valence-corrected chi connectivity index (χ0v) is 17.2. The van der Waals surface area contributed by atoms with E-state index in [0.29, 0.717) is 32.3 Å². The molecule has 0 bridgehead atoms. The van der Waals surface area contributed by atoms with Gasteiger partial charge in [0.15, 0.2) is 12.0 Å². The molecule has 1 N–H and O–H groups in total. The number of rotatable bonds is 8. The number of likely N-dealkylation sites (N-methyl/N-ethyl adjacent to an activating group) is 1. The van der Waals surface area contributed by atoms with Crippen LogP contribution in [0.2, 0.25) is 0 Å². The van der Waals surface area contributed by atoms with Gasteiger partial charge in [-0.1, -0.05) is 25.5 Å². The summed E-state index contributed by atoms with van der Waals surface area (Å²) in [4.78, 5) is 28.6. The van der Waals surface area contributed by atoms with E-state index < -0.39 is 0 Å². The number of aromatic nitrogens is 1. The quantitative estimate of drug-likeness (QED) is 0.690. The number of hydrogen-bond donors (Lipinski definition) is 1. The molecule has 1 aromatic carbocycles. The van der Waals surface area contributed by atoms with Crippen molar-refractivity contribution in [1.82, 2.24) is 14.4 Å². The van der Waals surface area contributed by atoms with Crippen molar-refractivity contribution in [2.24, 2.45) is 0 Å². The molecule has 2 heterocycles. The summed E-state index contributed by atoms with van der Waals surface area (Å²) in [5.74, 6) is -0.854. The summed E-state index contributed by atoms with van der Waals surface area (Å²) in [5.41, 5.74) is 1.94. The minimum Gasteiger partial charge on any atom is -0.505 e. The Hall–Kier alpha value is -2.67. The highest BCUT2D eigenvalue weighted by Gasteiger charge is 2.35. The lowest BCUT2D eigenvalue weighted by Crippen LogP contribution is -2.38. The van der Waals surface area contributed by atoms with Crippen LogP contribution in [0.25, 0.3) is 0 Å². The standard InChI is InChI=1S/C22H28FN3O3/c1-4-5-17(13-24(2)3)26-18-10-11-25(12-15-6-8-16(23)9-7-15)22(29)20(18)21(28)19(26)14-27/h6-9,14,17,28H,4-5,10-13H2,1-3H3. The van der Waals surface area contributed by atoms with E-state index in [1.54, 1.807) is 17.0 Å². The largest absolute Gasteiger partial charge is 0.505 e. The molecular formula is C22H28FN3O3. The normalized spacial score (nSPS) is 14.9. The highest BCUT2D eigenvalue weighted by molar-refractivity contribution is 6.02. The number of halogens is 1. The molecule has 1 unspecified atom stereocenters. The molecule has 0 spiro atoms. The first kappa shape index (κ1) is 21.0. The van der Waals surface area contributed by atoms with Crippen molar-refractivity contribution >= 4 is 12.2 Å². The van der Waals surface area contributed by atoms with Gasteiger partial charge in [0, 0.05) is 37.8 Å². The van der Waals surface area contributed by atoms with Crippen molar-refractivity contribution in [3.63, 3.8) is 0 Å². The van der Waals surface area contributed by atoms with Crippen LogP contribution in [0, 0.1) is 5.82 Å². The molecule has 1 aromatic heterocycles. The van der Waals surface area contributed by atoms with Crippen LogP contribution in [0.1, 0.15) is 57.9 Å². The SMILES string of the molecule is CCCC(CN(C)C)n1c(C=O)c(O)c2c1CCN(Cc1ccc(F)cc1)C2=O. The van der Waals surface area contributed by atoms with Crippen LogP contribution in [0.3, 0.4) is 0 Å². The second-order valence-electron chi connectivity index (χ2n) is 7.85. The topological polar surface area (TPSA) is 65.8 Å². The molecule has 2 aromatic rings. The van der Waals surface area contributed by atoms with Gasteiger partial charge in [-0.05, 0) is 38.2 Å². The van der Waals surface area contributed by atoms with Crippen molar-refractivity contribution in [2.45, 2.75) is 38.8 Å². The Morgan fingerprint density at radius 3 is 2.55 bits per heavy atom. The summed E-state index contributed by atoms with van der Waals surface area (Å²) in [6, 6.07) is 6.03. The fourth-order valence-electron chi connectivity index (χ4n) is 4.16. The van der Waals surface area contributed by atoms with Crippen LogP contribution in [0.4, 0.5) is 4.39 Å². The first-order chi connectivity index (χ1) is 13.9. The highest BCUT2D eigenvalue weighted by atomic mass is 19.1. The van der Waals surface area contributed by atoms with E-state index in [1.807, 2.05) is 23.6 Å². The van der Waals surface area contributed by atoms with E-state index in [0.717, 1.165) is 24.1 Å². The van der Waals surface area contributed by atoms with Crippen molar-refractivity contribution in [1.29, 1.82) is 0 Å². The molecule has 156 valence electrons. The number of aromatic hydroxyl groups is 1. The number of aldehydes is 1. The summed E-state index contributed by atoms with van der Waals surface area (Å²) in [6.07, 6.45) is 2.96. The van der Waals surface area contributed by atoms with Gasteiger partial charge in [-0.2, -0.15) is 0 Å². The van der Waals surface area contributed by atoms with Gasteiger partial charge in [0.25, 0.3) is 5.91 Å². The minimum absolute atomic E-state index is 0.00120. The zero-order chi connectivity index (χ0) is 21.1. The first-order valence-corrected chi connectivity index (χ1v) is 9.97. The summed E-state index contributed by atoms with van der Waals surface area (Å²) < 4.78 is 15.0. The van der Waals surface area contributed by atoms with E-state index in [9.17, 15) is 19.1 Å². The first-order valence-electron chi connectivity index (χ1n) is 9.97. The van der Waals surface area contributed by atoms with E-state index in [1.165, 1.54) is 12.1 Å². The molecule has 1 aliphatic rings. The van der Waals surface area contributed by atoms with Gasteiger partial charge >= 0.3 is 0 Å². The van der Waals surface area contributed by atoms with Crippen molar-refractivity contribution in [2.75, 3.05) is 27.2 Å². The smallest absolute Gasteiger partial charge is 0.259 e. The van der Waals surface area contributed by atoms with Gasteiger partial charge < -0.3 is 19.5 Å². The Bertz CT molecular complexity index is 890. The van der Waals surface area contributed by atoms with Crippen LogP contribution in [-0.4, -0.2) is 58.9 Å². The second kappa shape index (κ2) is 8.78. The highest BCUT2D eigenvalue weighted by Crippen LogP contribution is 2.37. The Labute approximate surface area is 170 Å². The summed E-state index contributed by atoms with van der Waals surface area (Å²) >= 11 is 0. The Kier molecular flexibility index (Phi) is 6.37. The Morgan fingerprint density at radius 1 is 1.28 bits per heavy atom. The summed E-state index contributed by atoms with van der Waals surface area (Å²) in [6.45, 7) is 3.60. The van der Waals surface area contributed by atoms with E-state index in [4.69, 9.17) is 0 Å². The molecule has 0 saturated heterocycles. The number of amides is 1. The third-order valence-electron chi connectivity index (χ3n) is 5.40. The molecule has 0 radical (unpaired) electrons. The lowest BCUT2D eigenvalue weighted by Gasteiger charge is -2.30. The summed E-state index contributed by atoms with van der Waals surface area (Å²) in [5, 5.41) is 10.7. The van der Waals surface area contributed by atoms with Crippen LogP contribution < -0.4 is 0 Å². The average Bonchev–Trinajstić information content (AvgIpc) is 2.97. The van der Waals surface area contributed by atoms with Crippen molar-refractivity contribution < 1.29 is 19.1 Å². The van der Waals surface area contributed by atoms with Gasteiger partial charge in [-0.25, -0.2) is 4.39 Å². The molecule has 1 aliphatic heterocycles. The van der Waals surface area contributed by atoms with E-state index in [2.05, 4.69) is 6.92 Å². The number of carbonyl (C=O) groups excluding carboxylic acids is 2. The van der Waals surface area contributed by atoms with E-state index >= 15 is 0 Å². The number of fused-ring (bicyclic) bond motifs is 1. The number of benzene rings is 1. The zero-order valence-electron chi connectivity index (χ0n) is 17.2. The molecule has 1 amide bonds. The van der Waals surface area contributed by atoms with Crippen molar-refractivity contribution in [3.05, 3.63) is 52.6 Å². The van der Waals surface area contributed by atoms with Gasteiger partial charge in [0.2, 0.25) is 0 Å². The fourth-order valence-corrected chi connectivity index (χ4v) is 4.16. The molecule has 0 saturated carbocycles. The molecule has 0 fully saturated rings. The van der Waals surface area contributed by atoms with Gasteiger partial charge in [-0.15, -0.1) is 0 Å². The van der Waals surface area contributed by atoms with Gasteiger partial charge in [0.1, 0.15) is 17.1 Å². The van der Waals surface area contributed by atoms with Crippen molar-refractivity contribution in [3.8, 4) is 5.75 Å². The molecular weight excluding hydrogens is 373 g/mol. The minimum atomic E-state index is -0.325. The lowest BCUT2D eigenvalue weighted by atomic mass is 10.0. The van der Waals surface area contributed by atoms with Crippen LogP contribution >= 0.6 is 0 Å². The predicted octanol–water partition coefficient (Wildman–Crippen LogP) is 3.25. The molecule has 7 heteroatoms. The maximum atomic E-state index is 13.2. The average molecular weight is 401 g/mol. The lowest BCUT2D eigenvalue weighted by molar-refractivity contribution is 0.0721. The Balaban J connectivity index is 1.97. The molecule has 29 heavy (non-hydrogen) atoms. The third kappa shape index (κ3) is 4.19. The van der Waals surface area contributed by atoms with Gasteiger partial charge in [-0.3, -0.25) is 9.59 Å². The number of nitrogens with zero attached hydrogens (tertiary/aromatic N) is 3. The van der Waals surface area contributed by atoms with E-state index in [-0.39, 0.29) is 34.8 Å². The monoisotopic (exact) mass is 401 g/mol. The molecule has 3 rings (SSSR count).